The standard InChI is InChI=1S/C20H28O/c1-14-12-17(16-10-8-7-9-11-16)20(6,13-15(14)2)18(21)19(3,4)5/h7-11,17H,12-13H2,1-6H3/t17-,20-/m0/s1. The molecular weight excluding hydrogens is 256 g/mol. The Labute approximate surface area is 129 Å². The van der Waals surface area contributed by atoms with E-state index >= 15 is 0 Å². The molecule has 1 aromatic carbocycles. The fraction of sp³-hybridized carbons (Fsp3) is 0.550. The Kier molecular flexibility index (Phi) is 4.15. The molecule has 0 amide bonds. The molecule has 0 heterocycles. The van der Waals surface area contributed by atoms with E-state index in [-0.39, 0.29) is 16.7 Å². The van der Waals surface area contributed by atoms with Gasteiger partial charge in [0.05, 0.1) is 0 Å². The molecule has 0 fully saturated rings. The third-order valence-electron chi connectivity index (χ3n) is 5.04. The molecular formula is C20H28O. The van der Waals surface area contributed by atoms with Crippen LogP contribution in [0.4, 0.5) is 0 Å². The summed E-state index contributed by atoms with van der Waals surface area (Å²) in [6, 6.07) is 10.6. The average molecular weight is 284 g/mol. The minimum absolute atomic E-state index is 0.286. The van der Waals surface area contributed by atoms with Crippen LogP contribution in [0.25, 0.3) is 0 Å². The second-order valence-electron chi connectivity index (χ2n) is 7.90. The van der Waals surface area contributed by atoms with Gasteiger partial charge in [0.2, 0.25) is 0 Å². The number of rotatable bonds is 2. The molecule has 0 aromatic heterocycles. The molecule has 2 rings (SSSR count). The minimum atomic E-state index is -0.302. The lowest BCUT2D eigenvalue weighted by Gasteiger charge is -2.44. The van der Waals surface area contributed by atoms with Gasteiger partial charge >= 0.3 is 0 Å². The summed E-state index contributed by atoms with van der Waals surface area (Å²) >= 11 is 0. The molecule has 1 aliphatic rings. The zero-order valence-corrected chi connectivity index (χ0v) is 14.3. The van der Waals surface area contributed by atoms with Crippen molar-refractivity contribution in [1.82, 2.24) is 0 Å². The Morgan fingerprint density at radius 1 is 1.10 bits per heavy atom. The van der Waals surface area contributed by atoms with E-state index in [4.69, 9.17) is 0 Å². The SMILES string of the molecule is CC1=C(C)C[C@](C)(C(=O)C(C)(C)C)[C@H](c2ccccc2)C1. The molecule has 0 spiro atoms. The van der Waals surface area contributed by atoms with E-state index in [1.165, 1.54) is 16.7 Å². The fourth-order valence-corrected chi connectivity index (χ4v) is 3.80. The van der Waals surface area contributed by atoms with Gasteiger partial charge in [0.1, 0.15) is 5.78 Å². The molecule has 0 unspecified atom stereocenters. The quantitative estimate of drug-likeness (QED) is 0.653. The van der Waals surface area contributed by atoms with Gasteiger partial charge in [-0.15, -0.1) is 0 Å². The lowest BCUT2D eigenvalue weighted by Crippen LogP contribution is -2.43. The lowest BCUT2D eigenvalue weighted by atomic mass is 9.58. The van der Waals surface area contributed by atoms with Crippen molar-refractivity contribution in [2.45, 2.75) is 60.3 Å². The maximum absolute atomic E-state index is 13.2. The van der Waals surface area contributed by atoms with E-state index in [0.29, 0.717) is 5.78 Å². The molecule has 21 heavy (non-hydrogen) atoms. The first-order valence-electron chi connectivity index (χ1n) is 7.91. The van der Waals surface area contributed by atoms with Crippen molar-refractivity contribution in [3.05, 3.63) is 47.0 Å². The zero-order valence-electron chi connectivity index (χ0n) is 14.3. The van der Waals surface area contributed by atoms with Gasteiger partial charge in [-0.25, -0.2) is 0 Å². The first kappa shape index (κ1) is 16.0. The summed E-state index contributed by atoms with van der Waals surface area (Å²) < 4.78 is 0. The highest BCUT2D eigenvalue weighted by molar-refractivity contribution is 5.90. The number of Topliss-reactive ketones (excluding diaryl/α,β-unsaturated/α-hetero) is 1. The molecule has 0 saturated carbocycles. The summed E-state index contributed by atoms with van der Waals surface area (Å²) in [6.07, 6.45) is 1.88. The minimum Gasteiger partial charge on any atom is -0.298 e. The number of carbonyl (C=O) groups is 1. The van der Waals surface area contributed by atoms with Crippen LogP contribution in [-0.4, -0.2) is 5.78 Å². The van der Waals surface area contributed by atoms with Gasteiger partial charge in [0.25, 0.3) is 0 Å². The summed E-state index contributed by atoms with van der Waals surface area (Å²) in [6.45, 7) is 12.7. The summed E-state index contributed by atoms with van der Waals surface area (Å²) in [4.78, 5) is 13.2. The van der Waals surface area contributed by atoms with E-state index in [1.807, 2.05) is 26.8 Å². The van der Waals surface area contributed by atoms with Gasteiger partial charge in [0.15, 0.2) is 0 Å². The molecule has 0 aliphatic heterocycles. The molecule has 0 N–H and O–H groups in total. The Balaban J connectivity index is 2.52. The van der Waals surface area contributed by atoms with E-state index in [1.54, 1.807) is 0 Å². The third kappa shape index (κ3) is 2.97. The van der Waals surface area contributed by atoms with Crippen LogP contribution in [0.3, 0.4) is 0 Å². The topological polar surface area (TPSA) is 17.1 Å². The van der Waals surface area contributed by atoms with Gasteiger partial charge in [-0.1, -0.05) is 69.2 Å². The summed E-state index contributed by atoms with van der Waals surface area (Å²) in [5.41, 5.74) is 3.53. The molecule has 0 saturated heterocycles. The Morgan fingerprint density at radius 2 is 1.67 bits per heavy atom. The van der Waals surface area contributed by atoms with E-state index in [9.17, 15) is 4.79 Å². The lowest BCUT2D eigenvalue weighted by molar-refractivity contribution is -0.137. The van der Waals surface area contributed by atoms with Crippen molar-refractivity contribution >= 4 is 5.78 Å². The van der Waals surface area contributed by atoms with Crippen molar-refractivity contribution in [1.29, 1.82) is 0 Å². The number of carbonyl (C=O) groups excluding carboxylic acids is 1. The largest absolute Gasteiger partial charge is 0.298 e. The van der Waals surface area contributed by atoms with Crippen LogP contribution in [0.1, 0.15) is 65.9 Å². The number of allylic oxidation sites excluding steroid dienone is 2. The van der Waals surface area contributed by atoms with Crippen LogP contribution in [0.5, 0.6) is 0 Å². The second kappa shape index (κ2) is 5.44. The highest BCUT2D eigenvalue weighted by Crippen LogP contribution is 2.52. The van der Waals surface area contributed by atoms with Crippen LogP contribution in [0, 0.1) is 10.8 Å². The molecule has 1 heteroatoms. The van der Waals surface area contributed by atoms with Crippen LogP contribution in [0.2, 0.25) is 0 Å². The maximum atomic E-state index is 13.2. The van der Waals surface area contributed by atoms with E-state index in [0.717, 1.165) is 12.8 Å². The van der Waals surface area contributed by atoms with Crippen LogP contribution >= 0.6 is 0 Å². The number of benzene rings is 1. The molecule has 1 nitrogen and oxygen atoms in total. The van der Waals surface area contributed by atoms with Gasteiger partial charge < -0.3 is 0 Å². The second-order valence-corrected chi connectivity index (χ2v) is 7.90. The molecule has 1 aliphatic carbocycles. The molecule has 1 aromatic rings. The Bertz CT molecular complexity index is 559. The number of hydrogen-bond acceptors (Lipinski definition) is 1. The monoisotopic (exact) mass is 284 g/mol. The first-order valence-corrected chi connectivity index (χ1v) is 7.91. The molecule has 114 valence electrons. The van der Waals surface area contributed by atoms with E-state index < -0.39 is 0 Å². The zero-order chi connectivity index (χ0) is 15.8. The maximum Gasteiger partial charge on any atom is 0.144 e. The third-order valence-corrected chi connectivity index (χ3v) is 5.04. The summed E-state index contributed by atoms with van der Waals surface area (Å²) in [5.74, 6) is 0.671. The van der Waals surface area contributed by atoms with Gasteiger partial charge in [-0.2, -0.15) is 0 Å². The summed E-state index contributed by atoms with van der Waals surface area (Å²) in [5, 5.41) is 0. The van der Waals surface area contributed by atoms with Gasteiger partial charge in [-0.3, -0.25) is 4.79 Å². The summed E-state index contributed by atoms with van der Waals surface area (Å²) in [7, 11) is 0. The van der Waals surface area contributed by atoms with Crippen molar-refractivity contribution in [2.24, 2.45) is 10.8 Å². The van der Waals surface area contributed by atoms with Crippen molar-refractivity contribution in [3.63, 3.8) is 0 Å². The Hall–Kier alpha value is -1.37. The van der Waals surface area contributed by atoms with Crippen molar-refractivity contribution in [3.8, 4) is 0 Å². The van der Waals surface area contributed by atoms with Crippen LogP contribution < -0.4 is 0 Å². The normalized spacial score (nSPS) is 26.9. The predicted octanol–water partition coefficient (Wildman–Crippen LogP) is 5.52. The van der Waals surface area contributed by atoms with Crippen LogP contribution in [0.15, 0.2) is 41.5 Å². The molecule has 0 bridgehead atoms. The van der Waals surface area contributed by atoms with Crippen LogP contribution in [-0.2, 0) is 4.79 Å². The highest BCUT2D eigenvalue weighted by Gasteiger charge is 2.47. The molecule has 2 atom stereocenters. The Morgan fingerprint density at radius 3 is 2.19 bits per heavy atom. The average Bonchev–Trinajstić information content (AvgIpc) is 2.42. The number of ketones is 1. The number of hydrogen-bond donors (Lipinski definition) is 0. The smallest absolute Gasteiger partial charge is 0.144 e. The predicted molar refractivity (Wildman–Crippen MR) is 89.4 cm³/mol. The van der Waals surface area contributed by atoms with Gasteiger partial charge in [-0.05, 0) is 32.3 Å². The fourth-order valence-electron chi connectivity index (χ4n) is 3.80. The highest BCUT2D eigenvalue weighted by atomic mass is 16.1. The molecule has 0 radical (unpaired) electrons. The first-order chi connectivity index (χ1) is 9.66. The van der Waals surface area contributed by atoms with Crippen molar-refractivity contribution < 1.29 is 4.79 Å². The van der Waals surface area contributed by atoms with Crippen molar-refractivity contribution in [2.75, 3.05) is 0 Å². The van der Waals surface area contributed by atoms with E-state index in [2.05, 4.69) is 45.0 Å². The van der Waals surface area contributed by atoms with Gasteiger partial charge in [0, 0.05) is 16.7 Å².